The summed E-state index contributed by atoms with van der Waals surface area (Å²) < 4.78 is 5.86. The summed E-state index contributed by atoms with van der Waals surface area (Å²) in [5, 5.41) is 8.27. The Morgan fingerprint density at radius 1 is 0.829 bits per heavy atom. The van der Waals surface area contributed by atoms with E-state index in [9.17, 15) is 14.4 Å². The van der Waals surface area contributed by atoms with E-state index in [1.807, 2.05) is 51.1 Å². The molecule has 0 saturated carbocycles. The molecule has 4 amide bonds. The second-order valence-corrected chi connectivity index (χ2v) is 9.09. The number of para-hydroxylation sites is 1. The monoisotopic (exact) mass is 474 g/mol. The number of carbonyl (C=O) groups is 3. The summed E-state index contributed by atoms with van der Waals surface area (Å²) in [6, 6.07) is 21.8. The average molecular weight is 475 g/mol. The number of benzene rings is 3. The number of rotatable bonds is 8. The summed E-state index contributed by atoms with van der Waals surface area (Å²) in [5.41, 5.74) is 6.57. The van der Waals surface area contributed by atoms with Gasteiger partial charge in [-0.3, -0.25) is 9.59 Å². The molecule has 3 rings (SSSR count). The molecule has 0 aromatic heterocycles. The van der Waals surface area contributed by atoms with Crippen LogP contribution in [0.3, 0.4) is 0 Å². The molecule has 0 aliphatic heterocycles. The number of nitrogens with two attached hydrogens (primary N) is 1. The second-order valence-electron chi connectivity index (χ2n) is 9.09. The van der Waals surface area contributed by atoms with Crippen molar-refractivity contribution in [2.24, 2.45) is 11.1 Å². The van der Waals surface area contributed by atoms with Crippen LogP contribution in [-0.2, 0) is 9.59 Å². The van der Waals surface area contributed by atoms with E-state index in [1.54, 1.807) is 48.5 Å². The van der Waals surface area contributed by atoms with E-state index in [2.05, 4.69) is 16.0 Å². The van der Waals surface area contributed by atoms with E-state index in [-0.39, 0.29) is 18.2 Å². The number of urea groups is 1. The van der Waals surface area contributed by atoms with Crippen molar-refractivity contribution in [3.63, 3.8) is 0 Å². The fourth-order valence-electron chi connectivity index (χ4n) is 3.23. The molecule has 0 aliphatic carbocycles. The summed E-state index contributed by atoms with van der Waals surface area (Å²) in [6.07, 6.45) is -0.0592. The van der Waals surface area contributed by atoms with Crippen LogP contribution >= 0.6 is 0 Å². The molecule has 8 heteroatoms. The third-order valence-electron chi connectivity index (χ3n) is 5.03. The Morgan fingerprint density at radius 2 is 1.46 bits per heavy atom. The van der Waals surface area contributed by atoms with Gasteiger partial charge in [0.2, 0.25) is 11.8 Å². The first-order valence-corrected chi connectivity index (χ1v) is 11.2. The first-order chi connectivity index (χ1) is 16.6. The number of hydrogen-bond donors (Lipinski definition) is 4. The van der Waals surface area contributed by atoms with Gasteiger partial charge in [-0.1, -0.05) is 57.2 Å². The smallest absolute Gasteiger partial charge is 0.312 e. The Hall–Kier alpha value is -4.33. The fourth-order valence-corrected chi connectivity index (χ4v) is 3.23. The van der Waals surface area contributed by atoms with Gasteiger partial charge in [-0.25, -0.2) is 4.79 Å². The largest absolute Gasteiger partial charge is 0.457 e. The van der Waals surface area contributed by atoms with Gasteiger partial charge in [-0.05, 0) is 48.0 Å². The maximum absolute atomic E-state index is 12.8. The minimum atomic E-state index is -0.746. The summed E-state index contributed by atoms with van der Waals surface area (Å²) in [4.78, 5) is 36.7. The normalized spacial score (nSPS) is 11.7. The lowest BCUT2D eigenvalue weighted by atomic mass is 9.95. The molecule has 0 heterocycles. The second kappa shape index (κ2) is 11.2. The molecule has 5 N–H and O–H groups in total. The van der Waals surface area contributed by atoms with Crippen LogP contribution in [0.2, 0.25) is 0 Å². The van der Waals surface area contributed by atoms with E-state index in [1.165, 1.54) is 0 Å². The summed E-state index contributed by atoms with van der Waals surface area (Å²) in [5.74, 6) is 0.759. The van der Waals surface area contributed by atoms with Crippen LogP contribution in [0.1, 0.15) is 38.8 Å². The third kappa shape index (κ3) is 7.89. The van der Waals surface area contributed by atoms with E-state index in [4.69, 9.17) is 10.5 Å². The van der Waals surface area contributed by atoms with Crippen molar-refractivity contribution in [3.05, 3.63) is 84.4 Å². The molecule has 1 atom stereocenters. The molecule has 3 aromatic carbocycles. The average Bonchev–Trinajstić information content (AvgIpc) is 2.79. The zero-order valence-corrected chi connectivity index (χ0v) is 20.0. The molecule has 0 saturated heterocycles. The minimum absolute atomic E-state index is 0.0592. The Balaban J connectivity index is 1.71. The number of nitrogens with one attached hydrogen (secondary N) is 3. The van der Waals surface area contributed by atoms with Crippen molar-refractivity contribution in [1.82, 2.24) is 5.32 Å². The molecule has 8 nitrogen and oxygen atoms in total. The summed E-state index contributed by atoms with van der Waals surface area (Å²) in [7, 11) is 0. The Bertz CT molecular complexity index is 1190. The molecule has 182 valence electrons. The van der Waals surface area contributed by atoms with Gasteiger partial charge < -0.3 is 26.4 Å². The van der Waals surface area contributed by atoms with E-state index in [0.29, 0.717) is 28.4 Å². The fraction of sp³-hybridized carbons (Fsp3) is 0.222. The molecule has 35 heavy (non-hydrogen) atoms. The van der Waals surface area contributed by atoms with Crippen LogP contribution in [0.4, 0.5) is 16.2 Å². The number of primary amides is 1. The van der Waals surface area contributed by atoms with E-state index < -0.39 is 17.5 Å². The highest BCUT2D eigenvalue weighted by atomic mass is 16.5. The standard InChI is InChI=1S/C27H30N4O4/c1-27(2,3)25(33)30-20-11-8-10-19(16-20)29-24(32)17-23(31-26(28)34)18-9-7-14-22(15-18)35-21-12-5-4-6-13-21/h4-16,23H,17H2,1-3H3,(H,29,32)(H,30,33)(H3,28,31,34). The van der Waals surface area contributed by atoms with E-state index in [0.717, 1.165) is 0 Å². The predicted molar refractivity (Wildman–Crippen MR) is 136 cm³/mol. The summed E-state index contributed by atoms with van der Waals surface area (Å²) in [6.45, 7) is 5.46. The zero-order chi connectivity index (χ0) is 25.4. The first kappa shape index (κ1) is 25.3. The predicted octanol–water partition coefficient (Wildman–Crippen LogP) is 5.20. The van der Waals surface area contributed by atoms with Crippen LogP contribution in [0.25, 0.3) is 0 Å². The van der Waals surface area contributed by atoms with Crippen molar-refractivity contribution < 1.29 is 19.1 Å². The molecular weight excluding hydrogens is 444 g/mol. The van der Waals surface area contributed by atoms with Gasteiger partial charge in [0.1, 0.15) is 11.5 Å². The van der Waals surface area contributed by atoms with Crippen molar-refractivity contribution in [3.8, 4) is 11.5 Å². The highest BCUT2D eigenvalue weighted by Crippen LogP contribution is 2.27. The molecule has 3 aromatic rings. The Labute approximate surface area is 204 Å². The maximum atomic E-state index is 12.8. The molecule has 0 aliphatic rings. The van der Waals surface area contributed by atoms with Gasteiger partial charge in [0, 0.05) is 16.8 Å². The summed E-state index contributed by atoms with van der Waals surface area (Å²) >= 11 is 0. The van der Waals surface area contributed by atoms with Crippen molar-refractivity contribution in [2.45, 2.75) is 33.2 Å². The zero-order valence-electron chi connectivity index (χ0n) is 20.0. The van der Waals surface area contributed by atoms with Crippen LogP contribution in [0.5, 0.6) is 11.5 Å². The number of anilines is 2. The third-order valence-corrected chi connectivity index (χ3v) is 5.03. The van der Waals surface area contributed by atoms with Crippen LogP contribution in [-0.4, -0.2) is 17.8 Å². The first-order valence-electron chi connectivity index (χ1n) is 11.2. The molecule has 1 unspecified atom stereocenters. The SMILES string of the molecule is CC(C)(C)C(=O)Nc1cccc(NC(=O)CC(NC(N)=O)c2cccc(Oc3ccccc3)c2)c1. The van der Waals surface area contributed by atoms with Crippen LogP contribution in [0, 0.1) is 5.41 Å². The number of hydrogen-bond acceptors (Lipinski definition) is 4. The van der Waals surface area contributed by atoms with Gasteiger partial charge in [0.05, 0.1) is 12.5 Å². The number of ether oxygens (including phenoxy) is 1. The lowest BCUT2D eigenvalue weighted by molar-refractivity contribution is -0.123. The van der Waals surface area contributed by atoms with Crippen molar-refractivity contribution >= 4 is 29.2 Å². The van der Waals surface area contributed by atoms with Gasteiger partial charge >= 0.3 is 6.03 Å². The highest BCUT2D eigenvalue weighted by molar-refractivity contribution is 5.96. The van der Waals surface area contributed by atoms with Gasteiger partial charge in [-0.15, -0.1) is 0 Å². The molecule has 0 radical (unpaired) electrons. The minimum Gasteiger partial charge on any atom is -0.457 e. The van der Waals surface area contributed by atoms with Crippen molar-refractivity contribution in [2.75, 3.05) is 10.6 Å². The maximum Gasteiger partial charge on any atom is 0.312 e. The van der Waals surface area contributed by atoms with E-state index >= 15 is 0 Å². The van der Waals surface area contributed by atoms with Crippen LogP contribution in [0.15, 0.2) is 78.9 Å². The molecular formula is C27H30N4O4. The topological polar surface area (TPSA) is 123 Å². The number of carbonyl (C=O) groups excluding carboxylic acids is 3. The molecule has 0 spiro atoms. The lowest BCUT2D eigenvalue weighted by Crippen LogP contribution is -2.35. The van der Waals surface area contributed by atoms with Gasteiger partial charge in [0.15, 0.2) is 0 Å². The lowest BCUT2D eigenvalue weighted by Gasteiger charge is -2.19. The number of amides is 4. The molecule has 0 bridgehead atoms. The Morgan fingerprint density at radius 3 is 2.11 bits per heavy atom. The van der Waals surface area contributed by atoms with Crippen molar-refractivity contribution in [1.29, 1.82) is 0 Å². The van der Waals surface area contributed by atoms with Gasteiger partial charge in [0.25, 0.3) is 0 Å². The quantitative estimate of drug-likeness (QED) is 0.358. The highest BCUT2D eigenvalue weighted by Gasteiger charge is 2.22. The molecule has 0 fully saturated rings. The van der Waals surface area contributed by atoms with Gasteiger partial charge in [-0.2, -0.15) is 0 Å². The Kier molecular flexibility index (Phi) is 8.09. The van der Waals surface area contributed by atoms with Crippen LogP contribution < -0.4 is 26.4 Å².